The van der Waals surface area contributed by atoms with Gasteiger partial charge in [-0.1, -0.05) is 224 Å². The standard InChI is InChI=1S/C64H44N4Si/c1-5-19-45(20-6-1)46-33-35-47(36-34-46)58-44-59(48-37-40-53(41-38-48)69(50-21-7-2-8-22-50,51-23-9-3-10-24-51)52-25-11-4-12-26-52)66-64(65-58)68-62-32-18-15-29-56(62)57-43-49(39-42-63(57)68)67-60-30-16-13-27-54(60)55-28-14-17-31-61(55)67/h1-44H. The molecule has 0 N–H and O–H groups in total. The molecular weight excluding hydrogens is 853 g/mol. The van der Waals surface area contributed by atoms with E-state index in [0.717, 1.165) is 55.6 Å². The van der Waals surface area contributed by atoms with Crippen molar-refractivity contribution in [3.8, 4) is 45.3 Å². The number of aromatic nitrogens is 4. The molecule has 13 rings (SSSR count). The number of hydrogen-bond donors (Lipinski definition) is 0. The third-order valence-electron chi connectivity index (χ3n) is 13.9. The van der Waals surface area contributed by atoms with Gasteiger partial charge in [0, 0.05) is 38.4 Å². The second-order valence-electron chi connectivity index (χ2n) is 17.7. The van der Waals surface area contributed by atoms with E-state index in [4.69, 9.17) is 9.97 Å². The molecule has 3 aromatic heterocycles. The van der Waals surface area contributed by atoms with E-state index < -0.39 is 8.07 Å². The Kier molecular flexibility index (Phi) is 9.81. The molecule has 0 bridgehead atoms. The number of hydrogen-bond acceptors (Lipinski definition) is 2. The van der Waals surface area contributed by atoms with Crippen LogP contribution in [0, 0.1) is 0 Å². The van der Waals surface area contributed by atoms with Crippen LogP contribution in [0.5, 0.6) is 0 Å². The SMILES string of the molecule is c1ccc(-c2ccc(-c3cc(-c4ccc([Si](c5ccccc5)(c5ccccc5)c5ccccc5)cc4)nc(-n4c5ccccc5c5cc(-n6c7ccccc7c7ccccc76)ccc54)n3)cc2)cc1. The van der Waals surface area contributed by atoms with Gasteiger partial charge in [-0.25, -0.2) is 9.97 Å². The molecule has 69 heavy (non-hydrogen) atoms. The van der Waals surface area contributed by atoms with Crippen molar-refractivity contribution in [2.24, 2.45) is 0 Å². The van der Waals surface area contributed by atoms with Gasteiger partial charge in [-0.05, 0) is 74.3 Å². The van der Waals surface area contributed by atoms with Crippen LogP contribution in [-0.4, -0.2) is 27.2 Å². The molecule has 0 amide bonds. The summed E-state index contributed by atoms with van der Waals surface area (Å²) in [7, 11) is -2.73. The monoisotopic (exact) mass is 896 g/mol. The highest BCUT2D eigenvalue weighted by Gasteiger charge is 2.41. The first kappa shape index (κ1) is 40.4. The fourth-order valence-corrected chi connectivity index (χ4v) is 15.5. The predicted molar refractivity (Wildman–Crippen MR) is 291 cm³/mol. The molecule has 0 saturated carbocycles. The maximum Gasteiger partial charge on any atom is 0.235 e. The van der Waals surface area contributed by atoms with Gasteiger partial charge in [-0.15, -0.1) is 0 Å². The zero-order valence-corrected chi connectivity index (χ0v) is 38.7. The summed E-state index contributed by atoms with van der Waals surface area (Å²) in [5.74, 6) is 0.621. The summed E-state index contributed by atoms with van der Waals surface area (Å²) in [6.45, 7) is 0. The molecule has 4 nitrogen and oxygen atoms in total. The second kappa shape index (κ2) is 16.8. The highest BCUT2D eigenvalue weighted by atomic mass is 28.3. The highest BCUT2D eigenvalue weighted by molar-refractivity contribution is 7.19. The Morgan fingerprint density at radius 1 is 0.261 bits per heavy atom. The number of benzene rings is 10. The summed E-state index contributed by atoms with van der Waals surface area (Å²) < 4.78 is 4.64. The second-order valence-corrected chi connectivity index (χ2v) is 21.5. The highest BCUT2D eigenvalue weighted by Crippen LogP contribution is 2.37. The minimum Gasteiger partial charge on any atom is -0.309 e. The minimum absolute atomic E-state index is 0.621. The smallest absolute Gasteiger partial charge is 0.235 e. The molecule has 324 valence electrons. The van der Waals surface area contributed by atoms with E-state index in [0.29, 0.717) is 5.95 Å². The Labute approximate surface area is 401 Å². The largest absolute Gasteiger partial charge is 0.309 e. The van der Waals surface area contributed by atoms with Gasteiger partial charge in [-0.3, -0.25) is 4.57 Å². The summed E-state index contributed by atoms with van der Waals surface area (Å²) in [6, 6.07) is 96.8. The van der Waals surface area contributed by atoms with Crippen LogP contribution in [0.1, 0.15) is 0 Å². The van der Waals surface area contributed by atoms with Crippen molar-refractivity contribution >= 4 is 72.4 Å². The van der Waals surface area contributed by atoms with Gasteiger partial charge >= 0.3 is 0 Å². The molecule has 0 unspecified atom stereocenters. The summed E-state index contributed by atoms with van der Waals surface area (Å²) in [5, 5.41) is 10.1. The molecule has 10 aromatic carbocycles. The lowest BCUT2D eigenvalue weighted by atomic mass is 10.0. The van der Waals surface area contributed by atoms with Crippen LogP contribution in [0.4, 0.5) is 0 Å². The molecule has 0 fully saturated rings. The van der Waals surface area contributed by atoms with Gasteiger partial charge in [0.05, 0.1) is 33.5 Å². The average molecular weight is 897 g/mol. The van der Waals surface area contributed by atoms with Crippen LogP contribution >= 0.6 is 0 Å². The van der Waals surface area contributed by atoms with Crippen LogP contribution in [-0.2, 0) is 0 Å². The normalized spacial score (nSPS) is 11.8. The summed E-state index contributed by atoms with van der Waals surface area (Å²) in [6.07, 6.45) is 0. The van der Waals surface area contributed by atoms with Gasteiger partial charge < -0.3 is 4.57 Å². The summed E-state index contributed by atoms with van der Waals surface area (Å²) in [5.41, 5.74) is 11.7. The van der Waals surface area contributed by atoms with Crippen molar-refractivity contribution in [3.63, 3.8) is 0 Å². The molecular formula is C64H44N4Si. The van der Waals surface area contributed by atoms with E-state index in [1.54, 1.807) is 0 Å². The predicted octanol–water partition coefficient (Wildman–Crippen LogP) is 13.0. The first-order valence-electron chi connectivity index (χ1n) is 23.6. The fraction of sp³-hybridized carbons (Fsp3) is 0. The lowest BCUT2D eigenvalue weighted by Gasteiger charge is -2.34. The number of fused-ring (bicyclic) bond motifs is 6. The number of nitrogens with zero attached hydrogens (tertiary/aromatic N) is 4. The van der Waals surface area contributed by atoms with Crippen LogP contribution in [0.3, 0.4) is 0 Å². The van der Waals surface area contributed by atoms with E-state index >= 15 is 0 Å². The maximum atomic E-state index is 5.52. The summed E-state index contributed by atoms with van der Waals surface area (Å²) >= 11 is 0. The van der Waals surface area contributed by atoms with Crippen molar-refractivity contribution in [1.82, 2.24) is 19.1 Å². The van der Waals surface area contributed by atoms with Gasteiger partial charge in [0.25, 0.3) is 0 Å². The Morgan fingerprint density at radius 3 is 1.13 bits per heavy atom. The number of para-hydroxylation sites is 3. The van der Waals surface area contributed by atoms with E-state index in [9.17, 15) is 0 Å². The lowest BCUT2D eigenvalue weighted by Crippen LogP contribution is -2.74. The Balaban J connectivity index is 1.00. The molecule has 3 heterocycles. The molecule has 0 saturated heterocycles. The van der Waals surface area contributed by atoms with Crippen LogP contribution in [0.15, 0.2) is 267 Å². The van der Waals surface area contributed by atoms with Gasteiger partial charge in [0.2, 0.25) is 5.95 Å². The lowest BCUT2D eigenvalue weighted by molar-refractivity contribution is 0.995. The molecule has 13 aromatic rings. The van der Waals surface area contributed by atoms with Crippen molar-refractivity contribution in [1.29, 1.82) is 0 Å². The quantitative estimate of drug-likeness (QED) is 0.107. The Hall–Kier alpha value is -8.90. The first-order valence-corrected chi connectivity index (χ1v) is 25.6. The Morgan fingerprint density at radius 2 is 0.623 bits per heavy atom. The van der Waals surface area contributed by atoms with Crippen LogP contribution < -0.4 is 20.7 Å². The molecule has 0 spiro atoms. The van der Waals surface area contributed by atoms with Crippen molar-refractivity contribution in [2.45, 2.75) is 0 Å². The fourth-order valence-electron chi connectivity index (χ4n) is 10.8. The zero-order chi connectivity index (χ0) is 45.7. The van der Waals surface area contributed by atoms with Crippen molar-refractivity contribution < 1.29 is 0 Å². The van der Waals surface area contributed by atoms with E-state index in [-0.39, 0.29) is 0 Å². The number of rotatable bonds is 9. The molecule has 0 aliphatic carbocycles. The zero-order valence-electron chi connectivity index (χ0n) is 37.7. The third-order valence-corrected chi connectivity index (χ3v) is 18.7. The molecule has 0 aliphatic rings. The van der Waals surface area contributed by atoms with E-state index in [1.165, 1.54) is 48.1 Å². The van der Waals surface area contributed by atoms with Crippen molar-refractivity contribution in [3.05, 3.63) is 267 Å². The first-order chi connectivity index (χ1) is 34.2. The van der Waals surface area contributed by atoms with Gasteiger partial charge in [0.1, 0.15) is 0 Å². The third kappa shape index (κ3) is 6.74. The molecule has 0 aliphatic heterocycles. The van der Waals surface area contributed by atoms with Gasteiger partial charge in [-0.2, -0.15) is 0 Å². The average Bonchev–Trinajstić information content (AvgIpc) is 3.95. The molecule has 5 heteroatoms. The van der Waals surface area contributed by atoms with Crippen LogP contribution in [0.2, 0.25) is 0 Å². The Bertz CT molecular complexity index is 3830. The maximum absolute atomic E-state index is 5.52. The van der Waals surface area contributed by atoms with Gasteiger partial charge in [0.15, 0.2) is 8.07 Å². The van der Waals surface area contributed by atoms with E-state index in [2.05, 4.69) is 276 Å². The topological polar surface area (TPSA) is 35.6 Å². The molecule has 0 atom stereocenters. The van der Waals surface area contributed by atoms with E-state index in [1.807, 2.05) is 0 Å². The summed E-state index contributed by atoms with van der Waals surface area (Å²) in [4.78, 5) is 11.0. The molecule has 0 radical (unpaired) electrons. The van der Waals surface area contributed by atoms with Crippen molar-refractivity contribution in [2.75, 3.05) is 0 Å². The van der Waals surface area contributed by atoms with Crippen LogP contribution in [0.25, 0.3) is 88.9 Å². The minimum atomic E-state index is -2.73.